The summed E-state index contributed by atoms with van der Waals surface area (Å²) < 4.78 is 0. The molecule has 0 aliphatic heterocycles. The Hall–Kier alpha value is -0.843. The average molecular weight is 256 g/mol. The van der Waals surface area contributed by atoms with E-state index in [9.17, 15) is 9.59 Å². The van der Waals surface area contributed by atoms with E-state index in [1.807, 2.05) is 6.55 Å². The van der Waals surface area contributed by atoms with Crippen LogP contribution in [-0.4, -0.2) is 76.8 Å². The van der Waals surface area contributed by atoms with E-state index in [2.05, 4.69) is 0 Å². The van der Waals surface area contributed by atoms with E-state index in [0.29, 0.717) is 0 Å². The maximum absolute atomic E-state index is 10.1. The summed E-state index contributed by atoms with van der Waals surface area (Å²) in [5.74, 6) is -1.76. The van der Waals surface area contributed by atoms with Gasteiger partial charge in [0.05, 0.1) is 0 Å². The number of aliphatic hydroxyl groups excluding tert-OH is 4. The number of carbonyl (C=O) groups is 2. The molecule has 0 fully saturated rings. The van der Waals surface area contributed by atoms with Crippen molar-refractivity contribution in [3.05, 3.63) is 0 Å². The van der Waals surface area contributed by atoms with Gasteiger partial charge in [-0.3, -0.25) is 0 Å². The number of aldehydes is 1. The third-order valence-corrected chi connectivity index (χ3v) is 1.42. The number of carboxylic acids is 1. The molecule has 0 spiro atoms. The van der Waals surface area contributed by atoms with Crippen molar-refractivity contribution in [2.24, 2.45) is 0 Å². The van der Waals surface area contributed by atoms with Crippen molar-refractivity contribution >= 4 is 22.0 Å². The molecule has 0 aliphatic carbocycles. The number of hydrogen-bond acceptors (Lipinski definition) is 7. The van der Waals surface area contributed by atoms with Crippen LogP contribution < -0.4 is 0 Å². The fraction of sp³-hybridized carbons (Fsp3) is 0.714. The van der Waals surface area contributed by atoms with Crippen LogP contribution >= 0.6 is 0 Å². The number of hydrogen-bond donors (Lipinski definition) is 6. The van der Waals surface area contributed by atoms with E-state index >= 15 is 0 Å². The van der Waals surface area contributed by atoms with Gasteiger partial charge < -0.3 is 35.1 Å². The summed E-state index contributed by atoms with van der Waals surface area (Å²) in [5, 5.41) is 43.2. The molecule has 4 atom stereocenters. The smallest absolute Gasteiger partial charge is 0.335 e. The van der Waals surface area contributed by atoms with Gasteiger partial charge in [0.25, 0.3) is 0 Å². The van der Waals surface area contributed by atoms with Gasteiger partial charge in [0, 0.05) is 0 Å². The van der Waals surface area contributed by atoms with Gasteiger partial charge in [-0.25, -0.2) is 4.79 Å². The predicted molar refractivity (Wildman–Crippen MR) is 54.4 cm³/mol. The summed E-state index contributed by atoms with van der Waals surface area (Å²) in [6.45, 7) is 1.82. The number of aliphatic carboxylic acids is 1. The van der Waals surface area contributed by atoms with Crippen LogP contribution in [0.4, 0.5) is 0 Å². The Morgan fingerprint density at radius 2 is 1.56 bits per heavy atom. The average Bonchev–Trinajstić information content (AvgIpc) is 2.25. The van der Waals surface area contributed by atoms with Gasteiger partial charge in [0.2, 0.25) is 0 Å². The Balaban J connectivity index is 0. The molecule has 0 radical (unpaired) electrons. The molecule has 0 amide bonds. The molecule has 0 aliphatic rings. The second kappa shape index (κ2) is 9.39. The molecule has 0 heterocycles. The molecular formula is C7H16O8Si. The van der Waals surface area contributed by atoms with Crippen LogP contribution in [0.1, 0.15) is 0 Å². The zero-order valence-electron chi connectivity index (χ0n) is 8.59. The normalized spacial score (nSPS) is 18.1. The molecule has 0 saturated carbocycles. The highest BCUT2D eigenvalue weighted by Crippen LogP contribution is 2.03. The Kier molecular flexibility index (Phi) is 10.3. The minimum atomic E-state index is -2.25. The summed E-state index contributed by atoms with van der Waals surface area (Å²) >= 11 is 0. The zero-order valence-corrected chi connectivity index (χ0v) is 10.0. The lowest BCUT2D eigenvalue weighted by molar-refractivity contribution is -0.163. The molecule has 0 saturated heterocycles. The van der Waals surface area contributed by atoms with Crippen LogP contribution in [0.2, 0.25) is 6.55 Å². The van der Waals surface area contributed by atoms with Crippen molar-refractivity contribution < 1.29 is 39.9 Å². The molecule has 9 heteroatoms. The number of aliphatic hydroxyl groups is 4. The van der Waals surface area contributed by atoms with Crippen molar-refractivity contribution in [3.63, 3.8) is 0 Å². The quantitative estimate of drug-likeness (QED) is 0.214. The highest BCUT2D eigenvalue weighted by Gasteiger charge is 2.33. The topological polar surface area (TPSA) is 156 Å². The maximum atomic E-state index is 10.1. The third-order valence-electron chi connectivity index (χ3n) is 1.42. The Bertz CT molecular complexity index is 211. The standard InChI is InChI=1S/C6H10O7.CH6OSi/c7-1-2(8)3(9)4(10)5(11)6(12)13;1-3-2/h1-5,8-11H,(H,12,13);2H,3H2,1H3. The van der Waals surface area contributed by atoms with E-state index in [1.54, 1.807) is 0 Å². The second-order valence-corrected chi connectivity index (χ2v) is 3.34. The van der Waals surface area contributed by atoms with E-state index in [1.165, 1.54) is 0 Å². The lowest BCUT2D eigenvalue weighted by Crippen LogP contribution is -2.48. The molecule has 4 unspecified atom stereocenters. The second-order valence-electron chi connectivity index (χ2n) is 2.71. The van der Waals surface area contributed by atoms with E-state index in [0.717, 1.165) is 0 Å². The highest BCUT2D eigenvalue weighted by molar-refractivity contribution is 6.22. The SMILES string of the molecule is C[SiH2]O.O=CC(O)C(O)C(O)C(O)C(=O)O. The molecule has 6 N–H and O–H groups in total. The highest BCUT2D eigenvalue weighted by atomic mass is 28.2. The molecule has 16 heavy (non-hydrogen) atoms. The van der Waals surface area contributed by atoms with Gasteiger partial charge in [-0.2, -0.15) is 0 Å². The van der Waals surface area contributed by atoms with Gasteiger partial charge >= 0.3 is 5.97 Å². The van der Waals surface area contributed by atoms with E-state index < -0.39 is 40.1 Å². The first-order valence-electron chi connectivity index (χ1n) is 4.34. The number of carboxylic acid groups (broad SMARTS) is 1. The first kappa shape index (κ1) is 17.5. The monoisotopic (exact) mass is 256 g/mol. The van der Waals surface area contributed by atoms with E-state index in [4.69, 9.17) is 30.3 Å². The molecule has 0 rings (SSSR count). The van der Waals surface area contributed by atoms with Crippen LogP contribution in [-0.2, 0) is 9.59 Å². The Morgan fingerprint density at radius 3 is 1.81 bits per heavy atom. The van der Waals surface area contributed by atoms with Crippen molar-refractivity contribution in [2.45, 2.75) is 31.0 Å². The molecule has 0 aromatic heterocycles. The lowest BCUT2D eigenvalue weighted by Gasteiger charge is -2.21. The first-order valence-corrected chi connectivity index (χ1v) is 6.39. The lowest BCUT2D eigenvalue weighted by atomic mass is 10.0. The van der Waals surface area contributed by atoms with Crippen molar-refractivity contribution in [3.8, 4) is 0 Å². The largest absolute Gasteiger partial charge is 0.479 e. The summed E-state index contributed by atoms with van der Waals surface area (Å²) in [4.78, 5) is 27.7. The molecule has 8 nitrogen and oxygen atoms in total. The molecule has 96 valence electrons. The molecule has 0 aromatic carbocycles. The number of carbonyl (C=O) groups excluding carboxylic acids is 1. The summed E-state index contributed by atoms with van der Waals surface area (Å²) in [6, 6.07) is 0. The van der Waals surface area contributed by atoms with Crippen molar-refractivity contribution in [1.29, 1.82) is 0 Å². The molecule has 0 aromatic rings. The van der Waals surface area contributed by atoms with Gasteiger partial charge in [-0.1, -0.05) is 6.55 Å². The fourth-order valence-corrected chi connectivity index (χ4v) is 0.615. The van der Waals surface area contributed by atoms with Crippen LogP contribution in [0, 0.1) is 0 Å². The Morgan fingerprint density at radius 1 is 1.19 bits per heavy atom. The summed E-state index contributed by atoms with van der Waals surface area (Å²) in [7, 11) is -0.583. The van der Waals surface area contributed by atoms with E-state index in [-0.39, 0.29) is 6.29 Å². The van der Waals surface area contributed by atoms with Crippen molar-refractivity contribution in [1.82, 2.24) is 0 Å². The molecule has 0 bridgehead atoms. The molecular weight excluding hydrogens is 240 g/mol. The first-order chi connectivity index (χ1) is 7.33. The van der Waals surface area contributed by atoms with Gasteiger partial charge in [-0.05, 0) is 0 Å². The summed E-state index contributed by atoms with van der Waals surface area (Å²) in [5.41, 5.74) is 0. The number of rotatable bonds is 5. The minimum absolute atomic E-state index is 0.0809. The van der Waals surface area contributed by atoms with Gasteiger partial charge in [0.1, 0.15) is 18.3 Å². The van der Waals surface area contributed by atoms with Crippen LogP contribution in [0.3, 0.4) is 0 Å². The fourth-order valence-electron chi connectivity index (χ4n) is 0.615. The van der Waals surface area contributed by atoms with Gasteiger partial charge in [0.15, 0.2) is 22.2 Å². The van der Waals surface area contributed by atoms with Crippen LogP contribution in [0.15, 0.2) is 0 Å². The van der Waals surface area contributed by atoms with Crippen molar-refractivity contribution in [2.75, 3.05) is 0 Å². The van der Waals surface area contributed by atoms with Gasteiger partial charge in [-0.15, -0.1) is 0 Å². The Labute approximate surface area is 93.7 Å². The minimum Gasteiger partial charge on any atom is -0.479 e. The zero-order chi connectivity index (χ0) is 13.3. The van der Waals surface area contributed by atoms with Crippen LogP contribution in [0.25, 0.3) is 0 Å². The van der Waals surface area contributed by atoms with Crippen LogP contribution in [0.5, 0.6) is 0 Å². The summed E-state index contributed by atoms with van der Waals surface area (Å²) in [6.07, 6.45) is -8.39. The third kappa shape index (κ3) is 6.61. The maximum Gasteiger partial charge on any atom is 0.335 e. The predicted octanol–water partition coefficient (Wildman–Crippen LogP) is -4.18.